The Labute approximate surface area is 148 Å². The number of likely N-dealkylation sites (tertiary alicyclic amines) is 1. The van der Waals surface area contributed by atoms with E-state index in [9.17, 15) is 4.79 Å². The van der Waals surface area contributed by atoms with Gasteiger partial charge in [0.15, 0.2) is 0 Å². The average Bonchev–Trinajstić information content (AvgIpc) is 3.49. The van der Waals surface area contributed by atoms with E-state index in [1.54, 1.807) is 18.5 Å². The Morgan fingerprint density at radius 2 is 1.96 bits per heavy atom. The van der Waals surface area contributed by atoms with Gasteiger partial charge in [0.2, 0.25) is 5.82 Å². The van der Waals surface area contributed by atoms with Gasteiger partial charge in [-0.05, 0) is 49.5 Å². The summed E-state index contributed by atoms with van der Waals surface area (Å²) in [5.41, 5.74) is 0.260. The zero-order valence-electron chi connectivity index (χ0n) is 14.7. The predicted octanol–water partition coefficient (Wildman–Crippen LogP) is 2.16. The molecule has 1 amide bonds. The van der Waals surface area contributed by atoms with E-state index in [-0.39, 0.29) is 11.3 Å². The second kappa shape index (κ2) is 7.38. The summed E-state index contributed by atoms with van der Waals surface area (Å²) in [6, 6.07) is 1.73. The number of hydrogen-bond donors (Lipinski definition) is 0. The summed E-state index contributed by atoms with van der Waals surface area (Å²) in [6.45, 7) is 4.87. The molecule has 6 heteroatoms. The van der Waals surface area contributed by atoms with E-state index in [0.29, 0.717) is 11.7 Å². The number of carbonyl (C=O) groups is 1. The highest BCUT2D eigenvalue weighted by molar-refractivity contribution is 5.90. The van der Waals surface area contributed by atoms with Crippen molar-refractivity contribution in [1.29, 1.82) is 0 Å². The van der Waals surface area contributed by atoms with Crippen molar-refractivity contribution in [3.05, 3.63) is 24.3 Å². The van der Waals surface area contributed by atoms with Crippen LogP contribution in [-0.4, -0.2) is 60.3 Å². The van der Waals surface area contributed by atoms with Gasteiger partial charge in [-0.2, -0.15) is 0 Å². The van der Waals surface area contributed by atoms with Crippen molar-refractivity contribution >= 4 is 5.91 Å². The first-order chi connectivity index (χ1) is 12.3. The first-order valence-electron chi connectivity index (χ1n) is 9.49. The third-order valence-electron chi connectivity index (χ3n) is 6.10. The van der Waals surface area contributed by atoms with E-state index in [1.165, 1.54) is 12.8 Å². The highest BCUT2D eigenvalue weighted by Crippen LogP contribution is 2.45. The SMILES string of the molecule is O=C(c1ncccn1)N1CCC2(CCOC[C@H]2COCC2CC2)CC1. The van der Waals surface area contributed by atoms with Crippen LogP contribution >= 0.6 is 0 Å². The summed E-state index contributed by atoms with van der Waals surface area (Å²) in [6.07, 6.45) is 9.01. The van der Waals surface area contributed by atoms with Gasteiger partial charge in [-0.1, -0.05) is 0 Å². The first kappa shape index (κ1) is 16.9. The minimum Gasteiger partial charge on any atom is -0.381 e. The molecule has 136 valence electrons. The first-order valence-corrected chi connectivity index (χ1v) is 9.49. The number of aromatic nitrogens is 2. The number of rotatable bonds is 5. The molecule has 2 aliphatic heterocycles. The number of hydrogen-bond acceptors (Lipinski definition) is 5. The minimum atomic E-state index is -0.0518. The van der Waals surface area contributed by atoms with Gasteiger partial charge >= 0.3 is 0 Å². The molecule has 25 heavy (non-hydrogen) atoms. The van der Waals surface area contributed by atoms with Crippen LogP contribution in [0.25, 0.3) is 0 Å². The molecule has 0 unspecified atom stereocenters. The van der Waals surface area contributed by atoms with Crippen LogP contribution in [0.3, 0.4) is 0 Å². The van der Waals surface area contributed by atoms with Gasteiger partial charge < -0.3 is 14.4 Å². The number of ether oxygens (including phenoxy) is 2. The number of amides is 1. The van der Waals surface area contributed by atoms with E-state index in [2.05, 4.69) is 9.97 Å². The van der Waals surface area contributed by atoms with Crippen molar-refractivity contribution in [2.45, 2.75) is 32.1 Å². The highest BCUT2D eigenvalue weighted by Gasteiger charge is 2.44. The molecule has 1 aromatic rings. The number of piperidine rings is 1. The van der Waals surface area contributed by atoms with Gasteiger partial charge in [-0.25, -0.2) is 9.97 Å². The molecule has 1 aliphatic carbocycles. The van der Waals surface area contributed by atoms with Crippen molar-refractivity contribution in [2.24, 2.45) is 17.3 Å². The average molecular weight is 345 g/mol. The van der Waals surface area contributed by atoms with E-state index in [1.807, 2.05) is 4.90 Å². The van der Waals surface area contributed by atoms with E-state index < -0.39 is 0 Å². The lowest BCUT2D eigenvalue weighted by Gasteiger charge is -2.48. The van der Waals surface area contributed by atoms with E-state index >= 15 is 0 Å². The Kier molecular flexibility index (Phi) is 4.99. The fraction of sp³-hybridized carbons (Fsp3) is 0.737. The van der Waals surface area contributed by atoms with Gasteiger partial charge in [0.05, 0.1) is 13.2 Å². The van der Waals surface area contributed by atoms with Crippen LogP contribution < -0.4 is 0 Å². The Morgan fingerprint density at radius 1 is 1.20 bits per heavy atom. The van der Waals surface area contributed by atoms with Gasteiger partial charge in [-0.15, -0.1) is 0 Å². The van der Waals surface area contributed by atoms with Gasteiger partial charge in [-0.3, -0.25) is 4.79 Å². The lowest BCUT2D eigenvalue weighted by atomic mass is 9.66. The molecule has 1 spiro atoms. The molecule has 0 radical (unpaired) electrons. The predicted molar refractivity (Wildman–Crippen MR) is 92.1 cm³/mol. The van der Waals surface area contributed by atoms with Crippen molar-refractivity contribution < 1.29 is 14.3 Å². The molecule has 1 atom stereocenters. The van der Waals surface area contributed by atoms with Crippen molar-refractivity contribution in [3.8, 4) is 0 Å². The maximum atomic E-state index is 12.6. The molecule has 0 N–H and O–H groups in total. The standard InChI is InChI=1S/C19H27N3O3/c23-18(17-20-7-1-8-21-17)22-9-4-19(5-10-22)6-11-24-13-16(19)14-25-12-15-2-3-15/h1,7-8,15-16H,2-6,9-14H2/t16-/m0/s1. The normalized spacial score (nSPS) is 25.9. The molecule has 3 heterocycles. The molecule has 1 aromatic heterocycles. The quantitative estimate of drug-likeness (QED) is 0.818. The van der Waals surface area contributed by atoms with Crippen molar-refractivity contribution in [2.75, 3.05) is 39.5 Å². The lowest BCUT2D eigenvalue weighted by molar-refractivity contribution is -0.0976. The van der Waals surface area contributed by atoms with Gasteiger partial charge in [0, 0.05) is 44.6 Å². The second-order valence-corrected chi connectivity index (χ2v) is 7.73. The fourth-order valence-electron chi connectivity index (χ4n) is 4.13. The summed E-state index contributed by atoms with van der Waals surface area (Å²) in [4.78, 5) is 22.6. The monoisotopic (exact) mass is 345 g/mol. The zero-order valence-corrected chi connectivity index (χ0v) is 14.7. The van der Waals surface area contributed by atoms with E-state index in [4.69, 9.17) is 9.47 Å². The van der Waals surface area contributed by atoms with E-state index in [0.717, 1.165) is 64.7 Å². The fourth-order valence-corrected chi connectivity index (χ4v) is 4.13. The highest BCUT2D eigenvalue weighted by atomic mass is 16.5. The molecule has 3 fully saturated rings. The molecule has 2 saturated heterocycles. The van der Waals surface area contributed by atoms with Crippen LogP contribution in [0.2, 0.25) is 0 Å². The van der Waals surface area contributed by atoms with Gasteiger partial charge in [0.1, 0.15) is 0 Å². The lowest BCUT2D eigenvalue weighted by Crippen LogP contribution is -2.50. The third kappa shape index (κ3) is 3.85. The molecular formula is C19H27N3O3. The Balaban J connectivity index is 1.35. The number of carbonyl (C=O) groups excluding carboxylic acids is 1. The zero-order chi connectivity index (χ0) is 17.1. The summed E-state index contributed by atoms with van der Waals surface area (Å²) < 4.78 is 11.7. The van der Waals surface area contributed by atoms with Crippen LogP contribution in [0.4, 0.5) is 0 Å². The van der Waals surface area contributed by atoms with Crippen LogP contribution in [-0.2, 0) is 9.47 Å². The maximum absolute atomic E-state index is 12.6. The van der Waals surface area contributed by atoms with Gasteiger partial charge in [0.25, 0.3) is 5.91 Å². The van der Waals surface area contributed by atoms with Crippen LogP contribution in [0.15, 0.2) is 18.5 Å². The molecule has 1 saturated carbocycles. The minimum absolute atomic E-state index is 0.0518. The van der Waals surface area contributed by atoms with Crippen molar-refractivity contribution in [1.82, 2.24) is 14.9 Å². The number of nitrogens with zero attached hydrogens (tertiary/aromatic N) is 3. The molecule has 4 rings (SSSR count). The molecule has 3 aliphatic rings. The smallest absolute Gasteiger partial charge is 0.291 e. The summed E-state index contributed by atoms with van der Waals surface area (Å²) in [7, 11) is 0. The van der Waals surface area contributed by atoms with Crippen LogP contribution in [0, 0.1) is 17.3 Å². The molecule has 0 bridgehead atoms. The summed E-state index contributed by atoms with van der Waals surface area (Å²) >= 11 is 0. The molecule has 6 nitrogen and oxygen atoms in total. The Morgan fingerprint density at radius 3 is 2.68 bits per heavy atom. The Hall–Kier alpha value is -1.53. The summed E-state index contributed by atoms with van der Waals surface area (Å²) in [5, 5.41) is 0. The second-order valence-electron chi connectivity index (χ2n) is 7.73. The van der Waals surface area contributed by atoms with Crippen molar-refractivity contribution in [3.63, 3.8) is 0 Å². The van der Waals surface area contributed by atoms with Crippen LogP contribution in [0.1, 0.15) is 42.7 Å². The third-order valence-corrected chi connectivity index (χ3v) is 6.10. The summed E-state index contributed by atoms with van der Waals surface area (Å²) in [5.74, 6) is 1.50. The largest absolute Gasteiger partial charge is 0.381 e. The topological polar surface area (TPSA) is 64.6 Å². The molecule has 0 aromatic carbocycles. The van der Waals surface area contributed by atoms with Crippen LogP contribution in [0.5, 0.6) is 0 Å². The maximum Gasteiger partial charge on any atom is 0.291 e. The molecular weight excluding hydrogens is 318 g/mol. The Bertz CT molecular complexity index is 583.